The Hall–Kier alpha value is -0.0800. The molecule has 2 heteroatoms. The maximum Gasteiger partial charge on any atom is 0.168 e. The highest BCUT2D eigenvalue weighted by molar-refractivity contribution is 5.00. The van der Waals surface area contributed by atoms with E-state index in [-0.39, 0.29) is 5.79 Å². The molecule has 0 radical (unpaired) electrons. The average Bonchev–Trinajstić information content (AvgIpc) is 2.40. The zero-order valence-corrected chi connectivity index (χ0v) is 14.4. The Morgan fingerprint density at radius 1 is 0.810 bits per heavy atom. The highest BCUT2D eigenvalue weighted by Gasteiger charge is 2.53. The normalized spacial score (nSPS) is 39.7. The number of hydrogen-bond acceptors (Lipinski definition) is 2. The van der Waals surface area contributed by atoms with E-state index in [1.807, 2.05) is 0 Å². The van der Waals surface area contributed by atoms with Gasteiger partial charge in [-0.25, -0.2) is 0 Å². The van der Waals surface area contributed by atoms with Crippen LogP contribution in [-0.4, -0.2) is 19.0 Å². The molecule has 0 N–H and O–H groups in total. The Morgan fingerprint density at radius 3 is 2.05 bits per heavy atom. The third-order valence-electron chi connectivity index (χ3n) is 6.49. The standard InChI is InChI=1S/C19H34O2/c1-13(2)17-15-8-11-20-19(9-6-5-7-10-19)21-12-16(15)18(17)14(3)4/h13-18H,5-12H2,1-4H3. The molecular weight excluding hydrogens is 260 g/mol. The molecule has 1 heterocycles. The van der Waals surface area contributed by atoms with Gasteiger partial charge in [0.05, 0.1) is 13.2 Å². The van der Waals surface area contributed by atoms with Crippen LogP contribution in [-0.2, 0) is 9.47 Å². The summed E-state index contributed by atoms with van der Waals surface area (Å²) in [6.45, 7) is 11.5. The van der Waals surface area contributed by atoms with Crippen molar-refractivity contribution < 1.29 is 9.47 Å². The molecule has 21 heavy (non-hydrogen) atoms. The summed E-state index contributed by atoms with van der Waals surface area (Å²) in [4.78, 5) is 0. The van der Waals surface area contributed by atoms with Crippen LogP contribution in [0.15, 0.2) is 0 Å². The molecule has 0 amide bonds. The van der Waals surface area contributed by atoms with Crippen LogP contribution in [0.2, 0.25) is 0 Å². The summed E-state index contributed by atoms with van der Waals surface area (Å²) in [6, 6.07) is 0. The molecule has 0 aromatic rings. The van der Waals surface area contributed by atoms with Gasteiger partial charge in [0.15, 0.2) is 5.79 Å². The summed E-state index contributed by atoms with van der Waals surface area (Å²) in [5.74, 6) is 4.70. The molecule has 0 bridgehead atoms. The van der Waals surface area contributed by atoms with Crippen molar-refractivity contribution in [2.75, 3.05) is 13.2 Å². The highest BCUT2D eigenvalue weighted by atomic mass is 16.7. The third-order valence-corrected chi connectivity index (χ3v) is 6.49. The third kappa shape index (κ3) is 2.91. The maximum atomic E-state index is 6.43. The second kappa shape index (κ2) is 6.20. The van der Waals surface area contributed by atoms with Crippen LogP contribution < -0.4 is 0 Å². The fourth-order valence-corrected chi connectivity index (χ4v) is 5.57. The lowest BCUT2D eigenvalue weighted by atomic mass is 9.49. The molecule has 4 unspecified atom stereocenters. The molecule has 2 aliphatic carbocycles. The van der Waals surface area contributed by atoms with Crippen LogP contribution >= 0.6 is 0 Å². The van der Waals surface area contributed by atoms with E-state index >= 15 is 0 Å². The van der Waals surface area contributed by atoms with Gasteiger partial charge in [-0.15, -0.1) is 0 Å². The van der Waals surface area contributed by atoms with Gasteiger partial charge in [0, 0.05) is 12.8 Å². The molecule has 0 aromatic heterocycles. The van der Waals surface area contributed by atoms with E-state index < -0.39 is 0 Å². The zero-order valence-electron chi connectivity index (χ0n) is 14.4. The molecule has 0 aromatic carbocycles. The maximum absolute atomic E-state index is 6.43. The SMILES string of the molecule is CC(C)C1C2CCOC3(CCCCC3)OCC2C1C(C)C. The van der Waals surface area contributed by atoms with Gasteiger partial charge in [0.1, 0.15) is 0 Å². The van der Waals surface area contributed by atoms with Crippen molar-refractivity contribution in [2.45, 2.75) is 72.0 Å². The number of fused-ring (bicyclic) bond motifs is 1. The zero-order chi connectivity index (χ0) is 15.0. The quantitative estimate of drug-likeness (QED) is 0.723. The fourth-order valence-electron chi connectivity index (χ4n) is 5.57. The lowest BCUT2D eigenvalue weighted by Gasteiger charge is -2.58. The van der Waals surface area contributed by atoms with Gasteiger partial charge in [0.25, 0.3) is 0 Å². The molecule has 4 atom stereocenters. The predicted molar refractivity (Wildman–Crippen MR) is 86.0 cm³/mol. The van der Waals surface area contributed by atoms with Crippen LogP contribution in [0.5, 0.6) is 0 Å². The van der Waals surface area contributed by atoms with E-state index in [1.165, 1.54) is 25.7 Å². The topological polar surface area (TPSA) is 18.5 Å². The van der Waals surface area contributed by atoms with Crippen molar-refractivity contribution in [3.63, 3.8) is 0 Å². The van der Waals surface area contributed by atoms with Crippen LogP contribution in [0.1, 0.15) is 66.2 Å². The minimum Gasteiger partial charge on any atom is -0.350 e. The van der Waals surface area contributed by atoms with Gasteiger partial charge in [-0.2, -0.15) is 0 Å². The first-order valence-electron chi connectivity index (χ1n) is 9.32. The van der Waals surface area contributed by atoms with E-state index in [4.69, 9.17) is 9.47 Å². The van der Waals surface area contributed by atoms with E-state index in [0.717, 1.165) is 61.6 Å². The lowest BCUT2D eigenvalue weighted by molar-refractivity contribution is -0.291. The van der Waals surface area contributed by atoms with Crippen LogP contribution in [0.25, 0.3) is 0 Å². The first-order valence-corrected chi connectivity index (χ1v) is 9.32. The summed E-state index contributed by atoms with van der Waals surface area (Å²) in [5.41, 5.74) is 0. The van der Waals surface area contributed by atoms with Crippen molar-refractivity contribution in [1.82, 2.24) is 0 Å². The molecule has 1 aliphatic heterocycles. The minimum atomic E-state index is -0.215. The summed E-state index contributed by atoms with van der Waals surface area (Å²) in [6.07, 6.45) is 7.38. The second-order valence-electron chi connectivity index (χ2n) is 8.39. The summed E-state index contributed by atoms with van der Waals surface area (Å²) < 4.78 is 12.7. The fraction of sp³-hybridized carbons (Fsp3) is 1.00. The molecule has 3 rings (SSSR count). The lowest BCUT2D eigenvalue weighted by Crippen LogP contribution is -2.56. The molecule has 1 saturated heterocycles. The summed E-state index contributed by atoms with van der Waals surface area (Å²) >= 11 is 0. The Bertz CT molecular complexity index is 343. The van der Waals surface area contributed by atoms with Crippen molar-refractivity contribution in [3.8, 4) is 0 Å². The Morgan fingerprint density at radius 2 is 1.43 bits per heavy atom. The minimum absolute atomic E-state index is 0.215. The molecule has 3 fully saturated rings. The largest absolute Gasteiger partial charge is 0.350 e. The van der Waals surface area contributed by atoms with Crippen LogP contribution in [0.3, 0.4) is 0 Å². The predicted octanol–water partition coefficient (Wildman–Crippen LogP) is 4.87. The van der Waals surface area contributed by atoms with Crippen molar-refractivity contribution in [1.29, 1.82) is 0 Å². The van der Waals surface area contributed by atoms with Gasteiger partial charge in [0.2, 0.25) is 0 Å². The number of rotatable bonds is 2. The monoisotopic (exact) mass is 294 g/mol. The number of ether oxygens (including phenoxy) is 2. The first kappa shape index (κ1) is 15.8. The van der Waals surface area contributed by atoms with Crippen molar-refractivity contribution in [2.24, 2.45) is 35.5 Å². The summed E-state index contributed by atoms with van der Waals surface area (Å²) in [7, 11) is 0. The molecule has 1 spiro atoms. The Labute approximate surface area is 131 Å². The summed E-state index contributed by atoms with van der Waals surface area (Å²) in [5, 5.41) is 0. The Balaban J connectivity index is 1.70. The molecule has 3 aliphatic rings. The van der Waals surface area contributed by atoms with Crippen LogP contribution in [0.4, 0.5) is 0 Å². The first-order chi connectivity index (χ1) is 10.0. The van der Waals surface area contributed by atoms with Crippen LogP contribution in [0, 0.1) is 35.5 Å². The van der Waals surface area contributed by atoms with E-state index in [9.17, 15) is 0 Å². The molecular formula is C19H34O2. The van der Waals surface area contributed by atoms with Crippen molar-refractivity contribution in [3.05, 3.63) is 0 Å². The molecule has 122 valence electrons. The van der Waals surface area contributed by atoms with Gasteiger partial charge < -0.3 is 9.47 Å². The molecule has 2 saturated carbocycles. The van der Waals surface area contributed by atoms with Gasteiger partial charge in [-0.3, -0.25) is 0 Å². The highest BCUT2D eigenvalue weighted by Crippen LogP contribution is 2.56. The van der Waals surface area contributed by atoms with E-state index in [2.05, 4.69) is 27.7 Å². The van der Waals surface area contributed by atoms with Gasteiger partial charge in [-0.05, 0) is 54.8 Å². The van der Waals surface area contributed by atoms with Gasteiger partial charge in [-0.1, -0.05) is 34.1 Å². The second-order valence-corrected chi connectivity index (χ2v) is 8.39. The Kier molecular flexibility index (Phi) is 4.66. The van der Waals surface area contributed by atoms with Crippen molar-refractivity contribution >= 4 is 0 Å². The van der Waals surface area contributed by atoms with E-state index in [1.54, 1.807) is 0 Å². The average molecular weight is 294 g/mol. The molecule has 2 nitrogen and oxygen atoms in total. The van der Waals surface area contributed by atoms with E-state index in [0.29, 0.717) is 0 Å². The number of hydrogen-bond donors (Lipinski definition) is 0. The smallest absolute Gasteiger partial charge is 0.168 e. The van der Waals surface area contributed by atoms with Gasteiger partial charge >= 0.3 is 0 Å².